The highest BCUT2D eigenvalue weighted by atomic mass is 32.2. The molecule has 140 valence electrons. The van der Waals surface area contributed by atoms with Crippen LogP contribution in [0.1, 0.15) is 50.6 Å². The molecule has 1 unspecified atom stereocenters. The summed E-state index contributed by atoms with van der Waals surface area (Å²) in [6, 6.07) is 0. The lowest BCUT2D eigenvalue weighted by Gasteiger charge is -2.22. The van der Waals surface area contributed by atoms with E-state index in [1.54, 1.807) is 17.1 Å². The van der Waals surface area contributed by atoms with E-state index in [0.717, 1.165) is 27.9 Å². The molecule has 1 aromatic rings. The fraction of sp³-hybridized carbons (Fsp3) is 0.550. The van der Waals surface area contributed by atoms with E-state index in [1.165, 1.54) is 43.9 Å². The molecule has 0 aromatic carbocycles. The molecule has 0 spiro atoms. The predicted molar refractivity (Wildman–Crippen MR) is 109 cm³/mol. The second-order valence-electron chi connectivity index (χ2n) is 7.41. The highest BCUT2D eigenvalue weighted by molar-refractivity contribution is 8.14. The minimum absolute atomic E-state index is 0.0595. The Morgan fingerprint density at radius 1 is 1.42 bits per heavy atom. The SMILES string of the molecule is C=C(/C=C\N=C1Sc2c(ncn(CC3CCCCC3)c2=O)C1C)N(C)C. The van der Waals surface area contributed by atoms with Crippen LogP contribution in [0.2, 0.25) is 0 Å². The lowest BCUT2D eigenvalue weighted by molar-refractivity contribution is 0.313. The van der Waals surface area contributed by atoms with E-state index >= 15 is 0 Å². The Morgan fingerprint density at radius 2 is 2.15 bits per heavy atom. The molecule has 1 atom stereocenters. The average molecular weight is 373 g/mol. The molecule has 6 heteroatoms. The van der Waals surface area contributed by atoms with Gasteiger partial charge in [-0.05, 0) is 24.8 Å². The summed E-state index contributed by atoms with van der Waals surface area (Å²) >= 11 is 1.47. The first kappa shape index (κ1) is 19.0. The van der Waals surface area contributed by atoms with Crippen molar-refractivity contribution in [2.75, 3.05) is 14.1 Å². The van der Waals surface area contributed by atoms with Crippen molar-refractivity contribution in [3.63, 3.8) is 0 Å². The smallest absolute Gasteiger partial charge is 0.267 e. The molecule has 2 heterocycles. The van der Waals surface area contributed by atoms with Crippen LogP contribution >= 0.6 is 11.8 Å². The maximum Gasteiger partial charge on any atom is 0.267 e. The van der Waals surface area contributed by atoms with Crippen molar-refractivity contribution < 1.29 is 0 Å². The molecule has 1 fully saturated rings. The quantitative estimate of drug-likeness (QED) is 0.733. The topological polar surface area (TPSA) is 50.5 Å². The summed E-state index contributed by atoms with van der Waals surface area (Å²) in [5.74, 6) is 0.669. The Labute approximate surface area is 159 Å². The van der Waals surface area contributed by atoms with Gasteiger partial charge in [0, 0.05) is 38.5 Å². The zero-order valence-corrected chi connectivity index (χ0v) is 16.8. The maximum atomic E-state index is 12.9. The third-order valence-corrected chi connectivity index (χ3v) is 6.49. The van der Waals surface area contributed by atoms with Crippen molar-refractivity contribution in [1.82, 2.24) is 14.5 Å². The number of hydrogen-bond acceptors (Lipinski definition) is 5. The largest absolute Gasteiger partial charge is 0.378 e. The van der Waals surface area contributed by atoms with E-state index < -0.39 is 0 Å². The highest BCUT2D eigenvalue weighted by Crippen LogP contribution is 2.38. The zero-order chi connectivity index (χ0) is 18.7. The number of aliphatic imine (C=N–C) groups is 1. The fourth-order valence-electron chi connectivity index (χ4n) is 3.46. The molecule has 1 aliphatic carbocycles. The van der Waals surface area contributed by atoms with Crippen LogP contribution in [0.5, 0.6) is 0 Å². The van der Waals surface area contributed by atoms with Crippen LogP contribution in [-0.2, 0) is 6.54 Å². The highest BCUT2D eigenvalue weighted by Gasteiger charge is 2.31. The molecular weight excluding hydrogens is 344 g/mol. The first-order valence-electron chi connectivity index (χ1n) is 9.35. The average Bonchev–Trinajstić information content (AvgIpc) is 2.95. The Hall–Kier alpha value is -1.82. The van der Waals surface area contributed by atoms with E-state index in [0.29, 0.717) is 5.92 Å². The molecule has 3 rings (SSSR count). The van der Waals surface area contributed by atoms with Gasteiger partial charge >= 0.3 is 0 Å². The fourth-order valence-corrected chi connectivity index (χ4v) is 4.61. The zero-order valence-electron chi connectivity index (χ0n) is 15.9. The van der Waals surface area contributed by atoms with Crippen LogP contribution in [-0.4, -0.2) is 33.6 Å². The summed E-state index contributed by atoms with van der Waals surface area (Å²) < 4.78 is 1.81. The van der Waals surface area contributed by atoms with E-state index in [2.05, 4.69) is 23.5 Å². The molecule has 0 N–H and O–H groups in total. The number of thioether (sulfide) groups is 1. The van der Waals surface area contributed by atoms with Gasteiger partial charge in [0.2, 0.25) is 0 Å². The standard InChI is InChI=1S/C20H28N4OS/c1-14(23(3)4)10-11-21-19-15(2)17-18(26-19)20(25)24(13-22-17)12-16-8-6-5-7-9-16/h10-11,13,15-16H,1,5-9,12H2,2-4H3/b11-10-,21-19?. The third-order valence-electron chi connectivity index (χ3n) is 5.23. The minimum atomic E-state index is 0.0595. The van der Waals surface area contributed by atoms with Crippen LogP contribution in [0, 0.1) is 5.92 Å². The number of allylic oxidation sites excluding steroid dienone is 1. The van der Waals surface area contributed by atoms with E-state index in [4.69, 9.17) is 0 Å². The van der Waals surface area contributed by atoms with Gasteiger partial charge in [0.15, 0.2) is 0 Å². The van der Waals surface area contributed by atoms with Gasteiger partial charge in [0.05, 0.1) is 17.1 Å². The van der Waals surface area contributed by atoms with Gasteiger partial charge in [-0.3, -0.25) is 14.4 Å². The lowest BCUT2D eigenvalue weighted by atomic mass is 9.89. The second kappa shape index (κ2) is 8.25. The molecule has 0 amide bonds. The Balaban J connectivity index is 1.77. The van der Waals surface area contributed by atoms with Gasteiger partial charge in [0.1, 0.15) is 4.90 Å². The number of aromatic nitrogens is 2. The number of nitrogens with zero attached hydrogens (tertiary/aromatic N) is 4. The summed E-state index contributed by atoms with van der Waals surface area (Å²) in [6.45, 7) is 6.81. The van der Waals surface area contributed by atoms with Crippen molar-refractivity contribution in [1.29, 1.82) is 0 Å². The summed E-state index contributed by atoms with van der Waals surface area (Å²) in [6.07, 6.45) is 11.7. The Kier molecular flexibility index (Phi) is 6.01. The van der Waals surface area contributed by atoms with Crippen molar-refractivity contribution in [3.8, 4) is 0 Å². The van der Waals surface area contributed by atoms with Crippen molar-refractivity contribution in [2.24, 2.45) is 10.9 Å². The number of hydrogen-bond donors (Lipinski definition) is 0. The second-order valence-corrected chi connectivity index (χ2v) is 8.44. The van der Waals surface area contributed by atoms with Crippen molar-refractivity contribution in [3.05, 3.63) is 46.9 Å². The molecule has 1 saturated carbocycles. The molecule has 2 aliphatic rings. The van der Waals surface area contributed by atoms with Gasteiger partial charge in [-0.2, -0.15) is 0 Å². The predicted octanol–water partition coefficient (Wildman–Crippen LogP) is 4.02. The van der Waals surface area contributed by atoms with Crippen molar-refractivity contribution in [2.45, 2.75) is 56.4 Å². The normalized spacial score (nSPS) is 22.1. The number of likely N-dealkylation sites (N-methyl/N-ethyl adjacent to an activating group) is 1. The van der Waals surface area contributed by atoms with Gasteiger partial charge in [0.25, 0.3) is 5.56 Å². The van der Waals surface area contributed by atoms with Crippen LogP contribution < -0.4 is 5.56 Å². The third kappa shape index (κ3) is 4.11. The molecule has 0 bridgehead atoms. The molecule has 26 heavy (non-hydrogen) atoms. The summed E-state index contributed by atoms with van der Waals surface area (Å²) in [5, 5.41) is 0.919. The van der Waals surface area contributed by atoms with Crippen LogP contribution in [0.15, 0.2) is 45.6 Å². The van der Waals surface area contributed by atoms with Crippen LogP contribution in [0.25, 0.3) is 0 Å². The molecule has 0 radical (unpaired) electrons. The Bertz CT molecular complexity index is 787. The summed E-state index contributed by atoms with van der Waals surface area (Å²) in [4.78, 5) is 24.7. The van der Waals surface area contributed by atoms with E-state index in [9.17, 15) is 4.79 Å². The van der Waals surface area contributed by atoms with Gasteiger partial charge < -0.3 is 4.90 Å². The summed E-state index contributed by atoms with van der Waals surface area (Å²) in [7, 11) is 3.89. The lowest BCUT2D eigenvalue weighted by Crippen LogP contribution is -2.27. The first-order valence-corrected chi connectivity index (χ1v) is 10.2. The van der Waals surface area contributed by atoms with Crippen molar-refractivity contribution >= 4 is 16.8 Å². The Morgan fingerprint density at radius 3 is 2.85 bits per heavy atom. The molecule has 1 aromatic heterocycles. The molecule has 1 aliphatic heterocycles. The summed E-state index contributed by atoms with van der Waals surface area (Å²) in [5.41, 5.74) is 1.83. The molecule has 0 saturated heterocycles. The monoisotopic (exact) mass is 372 g/mol. The minimum Gasteiger partial charge on any atom is -0.378 e. The molecular formula is C20H28N4OS. The number of rotatable bonds is 5. The van der Waals surface area contributed by atoms with Gasteiger partial charge in [-0.1, -0.05) is 44.5 Å². The molecule has 5 nitrogen and oxygen atoms in total. The maximum absolute atomic E-state index is 12.9. The van der Waals surface area contributed by atoms with Gasteiger partial charge in [-0.15, -0.1) is 0 Å². The van der Waals surface area contributed by atoms with Crippen LogP contribution in [0.3, 0.4) is 0 Å². The van der Waals surface area contributed by atoms with Gasteiger partial charge in [-0.25, -0.2) is 4.98 Å². The number of fused-ring (bicyclic) bond motifs is 1. The van der Waals surface area contributed by atoms with Crippen LogP contribution in [0.4, 0.5) is 0 Å². The van der Waals surface area contributed by atoms with E-state index in [1.807, 2.05) is 25.1 Å². The van der Waals surface area contributed by atoms with E-state index in [-0.39, 0.29) is 11.5 Å². The first-order chi connectivity index (χ1) is 12.5.